The van der Waals surface area contributed by atoms with E-state index >= 15 is 0 Å². The largest absolute Gasteiger partial charge is 0.379 e. The summed E-state index contributed by atoms with van der Waals surface area (Å²) in [5, 5.41) is 0. The standard InChI is InChI=1S/C24H24BrNO4S/c1-17-6-9-23(10-7-17)31(27,28)30-22-5-3-4-21(16-22)26-12-13-29-18(2)14-19-15-20(25)8-11-24(19)26/h3-11,15-16,18H,12-14H2,1-2H3. The van der Waals surface area contributed by atoms with Crippen LogP contribution in [0.15, 0.2) is 76.1 Å². The molecule has 5 nitrogen and oxygen atoms in total. The number of halogens is 1. The van der Waals surface area contributed by atoms with Crippen molar-refractivity contribution in [3.8, 4) is 5.75 Å². The van der Waals surface area contributed by atoms with Crippen molar-refractivity contribution in [1.82, 2.24) is 0 Å². The number of rotatable bonds is 4. The molecule has 4 rings (SSSR count). The molecule has 1 aliphatic heterocycles. The van der Waals surface area contributed by atoms with Gasteiger partial charge in [0.15, 0.2) is 0 Å². The van der Waals surface area contributed by atoms with Gasteiger partial charge in [0.05, 0.1) is 12.7 Å². The lowest BCUT2D eigenvalue weighted by Crippen LogP contribution is -2.29. The van der Waals surface area contributed by atoms with E-state index in [1.807, 2.05) is 19.1 Å². The zero-order chi connectivity index (χ0) is 22.0. The van der Waals surface area contributed by atoms with E-state index in [0.29, 0.717) is 13.2 Å². The van der Waals surface area contributed by atoms with Gasteiger partial charge >= 0.3 is 10.1 Å². The maximum atomic E-state index is 12.7. The molecule has 0 bridgehead atoms. The van der Waals surface area contributed by atoms with Crippen LogP contribution in [0, 0.1) is 6.92 Å². The molecule has 3 aromatic carbocycles. The van der Waals surface area contributed by atoms with Gasteiger partial charge in [-0.3, -0.25) is 0 Å². The average Bonchev–Trinajstić information content (AvgIpc) is 2.71. The summed E-state index contributed by atoms with van der Waals surface area (Å²) in [5.41, 5.74) is 4.08. The fraction of sp³-hybridized carbons (Fsp3) is 0.250. The molecule has 0 spiro atoms. The number of hydrogen-bond acceptors (Lipinski definition) is 5. The predicted molar refractivity (Wildman–Crippen MR) is 126 cm³/mol. The maximum absolute atomic E-state index is 12.7. The first-order valence-corrected chi connectivity index (χ1v) is 12.3. The monoisotopic (exact) mass is 501 g/mol. The zero-order valence-electron chi connectivity index (χ0n) is 17.4. The van der Waals surface area contributed by atoms with Crippen LogP contribution in [-0.4, -0.2) is 27.7 Å². The van der Waals surface area contributed by atoms with Gasteiger partial charge in [-0.05, 0) is 61.9 Å². The molecule has 7 heteroatoms. The van der Waals surface area contributed by atoms with Crippen LogP contribution < -0.4 is 9.08 Å². The van der Waals surface area contributed by atoms with Crippen molar-refractivity contribution < 1.29 is 17.3 Å². The van der Waals surface area contributed by atoms with Gasteiger partial charge in [0.25, 0.3) is 0 Å². The number of hydrogen-bond donors (Lipinski definition) is 0. The van der Waals surface area contributed by atoms with E-state index in [-0.39, 0.29) is 16.7 Å². The van der Waals surface area contributed by atoms with Gasteiger partial charge in [0.1, 0.15) is 10.6 Å². The van der Waals surface area contributed by atoms with Gasteiger partial charge < -0.3 is 13.8 Å². The molecule has 1 aliphatic rings. The Hall–Kier alpha value is -2.35. The van der Waals surface area contributed by atoms with Gasteiger partial charge in [0, 0.05) is 34.9 Å². The molecule has 0 amide bonds. The van der Waals surface area contributed by atoms with Crippen LogP contribution in [0.3, 0.4) is 0 Å². The minimum atomic E-state index is -3.91. The highest BCUT2D eigenvalue weighted by Crippen LogP contribution is 2.35. The summed E-state index contributed by atoms with van der Waals surface area (Å²) in [4.78, 5) is 2.27. The topological polar surface area (TPSA) is 55.8 Å². The van der Waals surface area contributed by atoms with E-state index in [1.165, 1.54) is 5.56 Å². The van der Waals surface area contributed by atoms with Crippen molar-refractivity contribution >= 4 is 37.4 Å². The lowest BCUT2D eigenvalue weighted by Gasteiger charge is -2.31. The Kier molecular flexibility index (Phi) is 6.36. The van der Waals surface area contributed by atoms with Crippen molar-refractivity contribution in [2.75, 3.05) is 18.1 Å². The first kappa shape index (κ1) is 21.9. The van der Waals surface area contributed by atoms with E-state index in [1.54, 1.807) is 42.5 Å². The summed E-state index contributed by atoms with van der Waals surface area (Å²) in [6, 6.07) is 20.0. The van der Waals surface area contributed by atoms with E-state index in [4.69, 9.17) is 8.92 Å². The molecule has 0 radical (unpaired) electrons. The smallest absolute Gasteiger partial charge is 0.339 e. The maximum Gasteiger partial charge on any atom is 0.339 e. The third-order valence-electron chi connectivity index (χ3n) is 5.20. The van der Waals surface area contributed by atoms with Crippen LogP contribution in [0.5, 0.6) is 5.75 Å². The Balaban J connectivity index is 1.66. The molecule has 31 heavy (non-hydrogen) atoms. The number of nitrogens with zero attached hydrogens (tertiary/aromatic N) is 1. The first-order valence-electron chi connectivity index (χ1n) is 10.1. The van der Waals surface area contributed by atoms with E-state index in [0.717, 1.165) is 27.8 Å². The second-order valence-corrected chi connectivity index (χ2v) is 10.1. The second-order valence-electron chi connectivity index (χ2n) is 7.66. The van der Waals surface area contributed by atoms with Crippen molar-refractivity contribution in [1.29, 1.82) is 0 Å². The Bertz CT molecular complexity index is 1180. The second kappa shape index (κ2) is 9.02. The number of benzene rings is 3. The molecule has 162 valence electrons. The lowest BCUT2D eigenvalue weighted by molar-refractivity contribution is 0.0703. The third kappa shape index (κ3) is 5.11. The van der Waals surface area contributed by atoms with Crippen molar-refractivity contribution in [3.05, 3.63) is 82.3 Å². The molecule has 0 saturated carbocycles. The van der Waals surface area contributed by atoms with Crippen molar-refractivity contribution in [3.63, 3.8) is 0 Å². The number of ether oxygens (including phenoxy) is 1. The fourth-order valence-corrected chi connectivity index (χ4v) is 5.00. The molecule has 0 aromatic heterocycles. The summed E-state index contributed by atoms with van der Waals surface area (Å²) in [6.07, 6.45) is 0.924. The van der Waals surface area contributed by atoms with Gasteiger partial charge in [-0.1, -0.05) is 39.7 Å². The lowest BCUT2D eigenvalue weighted by atomic mass is 10.0. The molecule has 0 N–H and O–H groups in total. The zero-order valence-corrected chi connectivity index (χ0v) is 19.8. The summed E-state index contributed by atoms with van der Waals surface area (Å²) in [7, 11) is -3.91. The average molecular weight is 502 g/mol. The Morgan fingerprint density at radius 1 is 1.06 bits per heavy atom. The quantitative estimate of drug-likeness (QED) is 0.434. The minimum Gasteiger partial charge on any atom is -0.379 e. The molecule has 1 unspecified atom stereocenters. The summed E-state index contributed by atoms with van der Waals surface area (Å²) in [5.74, 6) is 0.271. The molecule has 1 atom stereocenters. The normalized spacial score (nSPS) is 16.9. The van der Waals surface area contributed by atoms with Gasteiger partial charge in [-0.15, -0.1) is 0 Å². The van der Waals surface area contributed by atoms with Crippen LogP contribution in [0.2, 0.25) is 0 Å². The number of aryl methyl sites for hydroxylation is 1. The van der Waals surface area contributed by atoms with E-state index < -0.39 is 10.1 Å². The Morgan fingerprint density at radius 2 is 1.84 bits per heavy atom. The number of fused-ring (bicyclic) bond motifs is 1. The van der Waals surface area contributed by atoms with Gasteiger partial charge in [-0.2, -0.15) is 8.42 Å². The molecular weight excluding hydrogens is 478 g/mol. The highest BCUT2D eigenvalue weighted by Gasteiger charge is 2.21. The Morgan fingerprint density at radius 3 is 2.61 bits per heavy atom. The predicted octanol–water partition coefficient (Wildman–Crippen LogP) is 5.62. The van der Waals surface area contributed by atoms with Crippen molar-refractivity contribution in [2.45, 2.75) is 31.3 Å². The van der Waals surface area contributed by atoms with Crippen LogP contribution in [0.1, 0.15) is 18.1 Å². The van der Waals surface area contributed by atoms with Gasteiger partial charge in [0.2, 0.25) is 0 Å². The SMILES string of the molecule is Cc1ccc(S(=O)(=O)Oc2cccc(N3CCOC(C)Cc4cc(Br)ccc43)c2)cc1. The highest BCUT2D eigenvalue weighted by molar-refractivity contribution is 9.10. The van der Waals surface area contributed by atoms with E-state index in [2.05, 4.69) is 39.9 Å². The molecule has 0 aliphatic carbocycles. The molecular formula is C24H24BrNO4S. The molecule has 0 fully saturated rings. The van der Waals surface area contributed by atoms with Crippen LogP contribution in [0.4, 0.5) is 11.4 Å². The minimum absolute atomic E-state index is 0.129. The highest BCUT2D eigenvalue weighted by atomic mass is 79.9. The Labute approximate surface area is 191 Å². The van der Waals surface area contributed by atoms with Crippen LogP contribution in [0.25, 0.3) is 0 Å². The summed E-state index contributed by atoms with van der Waals surface area (Å²) in [6.45, 7) is 5.20. The third-order valence-corrected chi connectivity index (χ3v) is 6.96. The molecule has 3 aromatic rings. The van der Waals surface area contributed by atoms with Crippen molar-refractivity contribution in [2.24, 2.45) is 0 Å². The molecule has 1 heterocycles. The number of anilines is 2. The van der Waals surface area contributed by atoms with Crippen LogP contribution >= 0.6 is 15.9 Å². The first-order chi connectivity index (χ1) is 14.8. The van der Waals surface area contributed by atoms with Gasteiger partial charge in [-0.25, -0.2) is 0 Å². The summed E-state index contributed by atoms with van der Waals surface area (Å²) >= 11 is 3.56. The van der Waals surface area contributed by atoms with E-state index in [9.17, 15) is 8.42 Å². The van der Waals surface area contributed by atoms with Crippen LogP contribution in [-0.2, 0) is 21.3 Å². The summed E-state index contributed by atoms with van der Waals surface area (Å²) < 4.78 is 37.8. The fourth-order valence-electron chi connectivity index (χ4n) is 3.67. The molecule has 0 saturated heterocycles.